The van der Waals surface area contributed by atoms with Crippen LogP contribution in [-0.2, 0) is 10.0 Å². The number of carbonyl (C=O) groups is 2. The van der Waals surface area contributed by atoms with E-state index in [1.807, 2.05) is 0 Å². The van der Waals surface area contributed by atoms with Crippen LogP contribution in [0.4, 0.5) is 5.69 Å². The zero-order valence-electron chi connectivity index (χ0n) is 18.3. The molecule has 0 bridgehead atoms. The Labute approximate surface area is 222 Å². The first-order valence-electron chi connectivity index (χ1n) is 10.4. The third-order valence-electron chi connectivity index (χ3n) is 5.01. The predicted octanol–water partition coefficient (Wildman–Crippen LogP) is 6.90. The fourth-order valence-corrected chi connectivity index (χ4v) is 5.51. The van der Waals surface area contributed by atoms with Crippen molar-refractivity contribution in [2.45, 2.75) is 4.90 Å². The molecule has 0 saturated carbocycles. The van der Waals surface area contributed by atoms with Gasteiger partial charge in [0, 0.05) is 5.56 Å². The normalized spacial score (nSPS) is 11.1. The summed E-state index contributed by atoms with van der Waals surface area (Å²) in [6.45, 7) is 0. The summed E-state index contributed by atoms with van der Waals surface area (Å²) in [5, 5.41) is -0.906. The third-order valence-corrected chi connectivity index (χ3v) is 7.84. The highest BCUT2D eigenvalue weighted by molar-refractivity contribution is 7.93. The van der Waals surface area contributed by atoms with Gasteiger partial charge >= 0.3 is 5.97 Å². The van der Waals surface area contributed by atoms with Gasteiger partial charge in [-0.1, -0.05) is 89.4 Å². The molecule has 0 atom stereocenters. The van der Waals surface area contributed by atoms with Crippen LogP contribution in [0.3, 0.4) is 0 Å². The molecule has 0 aliphatic carbocycles. The van der Waals surface area contributed by atoms with E-state index in [0.717, 1.165) is 6.07 Å². The van der Waals surface area contributed by atoms with E-state index in [0.29, 0.717) is 4.31 Å². The molecule has 0 aromatic heterocycles. The Bertz CT molecular complexity index is 1530. The molecule has 10 heteroatoms. The molecule has 4 aromatic rings. The van der Waals surface area contributed by atoms with E-state index in [9.17, 15) is 18.0 Å². The maximum atomic E-state index is 13.6. The highest BCUT2D eigenvalue weighted by Crippen LogP contribution is 2.46. The zero-order chi connectivity index (χ0) is 25.9. The Hall–Kier alpha value is -3.36. The van der Waals surface area contributed by atoms with Crippen LogP contribution in [0, 0.1) is 0 Å². The number of rotatable bonds is 6. The summed E-state index contributed by atoms with van der Waals surface area (Å²) in [6.07, 6.45) is 0. The molecule has 1 amide bonds. The molecule has 0 unspecified atom stereocenters. The fraction of sp³-hybridized carbons (Fsp3) is 0. The van der Waals surface area contributed by atoms with E-state index in [1.54, 1.807) is 42.5 Å². The fourth-order valence-electron chi connectivity index (χ4n) is 3.28. The van der Waals surface area contributed by atoms with Gasteiger partial charge in [0.1, 0.15) is 5.02 Å². The summed E-state index contributed by atoms with van der Waals surface area (Å²) >= 11 is 19.3. The molecular formula is C26H16Cl3NO5S. The molecule has 4 aromatic carbocycles. The minimum atomic E-state index is -4.46. The van der Waals surface area contributed by atoms with Crippen molar-refractivity contribution in [1.29, 1.82) is 0 Å². The minimum absolute atomic E-state index is 0.0832. The number of nitrogens with zero attached hydrogens (tertiary/aromatic N) is 1. The van der Waals surface area contributed by atoms with Gasteiger partial charge in [-0.05, 0) is 42.5 Å². The van der Waals surface area contributed by atoms with E-state index in [1.165, 1.54) is 48.5 Å². The maximum absolute atomic E-state index is 13.6. The molecule has 0 fully saturated rings. The molecule has 6 nitrogen and oxygen atoms in total. The number of hydrogen-bond donors (Lipinski definition) is 0. The second-order valence-electron chi connectivity index (χ2n) is 7.34. The summed E-state index contributed by atoms with van der Waals surface area (Å²) in [4.78, 5) is 25.9. The lowest BCUT2D eigenvalue weighted by Crippen LogP contribution is -2.37. The Morgan fingerprint density at radius 3 is 1.75 bits per heavy atom. The molecule has 0 radical (unpaired) electrons. The summed E-state index contributed by atoms with van der Waals surface area (Å²) in [5.41, 5.74) is 0.0150. The maximum Gasteiger partial charge on any atom is 0.343 e. The van der Waals surface area contributed by atoms with Crippen LogP contribution in [0.1, 0.15) is 20.7 Å². The van der Waals surface area contributed by atoms with Gasteiger partial charge < -0.3 is 4.74 Å². The standard InChI is InChI=1S/C26H16Cl3NO5S/c27-20-16-21(22(28)23(29)24(20)35-26(32)18-12-6-2-7-13-18)30(25(31)17-10-4-1-5-11-17)36(33,34)19-14-8-3-9-15-19/h1-16H. The molecule has 0 heterocycles. The first kappa shape index (κ1) is 25.7. The second-order valence-corrected chi connectivity index (χ2v) is 10.3. The number of ether oxygens (including phenoxy) is 1. The second kappa shape index (κ2) is 10.7. The highest BCUT2D eigenvalue weighted by atomic mass is 35.5. The van der Waals surface area contributed by atoms with E-state index in [-0.39, 0.29) is 42.5 Å². The van der Waals surface area contributed by atoms with Crippen molar-refractivity contribution >= 4 is 62.4 Å². The summed E-state index contributed by atoms with van der Waals surface area (Å²) < 4.78 is 33.2. The monoisotopic (exact) mass is 559 g/mol. The van der Waals surface area contributed by atoms with Crippen molar-refractivity contribution in [3.8, 4) is 5.75 Å². The Morgan fingerprint density at radius 2 is 1.19 bits per heavy atom. The van der Waals surface area contributed by atoms with Gasteiger partial charge in [0.05, 0.1) is 26.2 Å². The quantitative estimate of drug-likeness (QED) is 0.146. The highest BCUT2D eigenvalue weighted by Gasteiger charge is 2.35. The van der Waals surface area contributed by atoms with Gasteiger partial charge in [0.2, 0.25) is 0 Å². The minimum Gasteiger partial charge on any atom is -0.420 e. The Kier molecular flexibility index (Phi) is 7.66. The molecule has 182 valence electrons. The largest absolute Gasteiger partial charge is 0.420 e. The first-order valence-corrected chi connectivity index (χ1v) is 12.9. The van der Waals surface area contributed by atoms with Crippen LogP contribution in [0.5, 0.6) is 5.75 Å². The number of hydrogen-bond acceptors (Lipinski definition) is 5. The predicted molar refractivity (Wildman–Crippen MR) is 140 cm³/mol. The van der Waals surface area contributed by atoms with Crippen molar-refractivity contribution in [3.63, 3.8) is 0 Å². The van der Waals surface area contributed by atoms with Gasteiger partial charge in [-0.25, -0.2) is 13.2 Å². The lowest BCUT2D eigenvalue weighted by molar-refractivity contribution is 0.0734. The number of amides is 1. The van der Waals surface area contributed by atoms with Gasteiger partial charge in [-0.2, -0.15) is 4.31 Å². The average Bonchev–Trinajstić information content (AvgIpc) is 2.90. The van der Waals surface area contributed by atoms with Crippen molar-refractivity contribution in [1.82, 2.24) is 0 Å². The van der Waals surface area contributed by atoms with Crippen molar-refractivity contribution in [2.24, 2.45) is 0 Å². The van der Waals surface area contributed by atoms with Crippen LogP contribution < -0.4 is 9.04 Å². The average molecular weight is 561 g/mol. The third kappa shape index (κ3) is 5.10. The van der Waals surface area contributed by atoms with Crippen molar-refractivity contribution in [2.75, 3.05) is 4.31 Å². The number of sulfonamides is 1. The number of carbonyl (C=O) groups excluding carboxylic acids is 2. The number of anilines is 1. The molecule has 0 aliphatic rings. The van der Waals surface area contributed by atoms with Crippen LogP contribution in [0.15, 0.2) is 102 Å². The molecular weight excluding hydrogens is 545 g/mol. The number of halogens is 3. The Morgan fingerprint density at radius 1 is 0.694 bits per heavy atom. The SMILES string of the molecule is O=C(Oc1c(Cl)cc(N(C(=O)c2ccccc2)S(=O)(=O)c2ccccc2)c(Cl)c1Cl)c1ccccc1. The number of esters is 1. The molecule has 36 heavy (non-hydrogen) atoms. The smallest absolute Gasteiger partial charge is 0.343 e. The van der Waals surface area contributed by atoms with Crippen molar-refractivity contribution < 1.29 is 22.7 Å². The topological polar surface area (TPSA) is 80.8 Å². The lowest BCUT2D eigenvalue weighted by atomic mass is 10.2. The van der Waals surface area contributed by atoms with Gasteiger partial charge in [0.15, 0.2) is 5.75 Å². The molecule has 0 N–H and O–H groups in total. The van der Waals surface area contributed by atoms with Crippen LogP contribution in [0.2, 0.25) is 15.1 Å². The van der Waals surface area contributed by atoms with Crippen molar-refractivity contribution in [3.05, 3.63) is 123 Å². The lowest BCUT2D eigenvalue weighted by Gasteiger charge is -2.25. The van der Waals surface area contributed by atoms with Gasteiger partial charge in [-0.15, -0.1) is 0 Å². The van der Waals surface area contributed by atoms with Crippen LogP contribution >= 0.6 is 34.8 Å². The first-order chi connectivity index (χ1) is 17.2. The summed E-state index contributed by atoms with van der Waals surface area (Å²) in [5.74, 6) is -1.91. The summed E-state index contributed by atoms with van der Waals surface area (Å²) in [6, 6.07) is 24.4. The molecule has 4 rings (SSSR count). The Balaban J connectivity index is 1.85. The van der Waals surface area contributed by atoms with E-state index < -0.39 is 21.9 Å². The zero-order valence-corrected chi connectivity index (χ0v) is 21.4. The molecule has 0 saturated heterocycles. The molecule has 0 aliphatic heterocycles. The van der Waals surface area contributed by atoms with Crippen LogP contribution in [0.25, 0.3) is 0 Å². The van der Waals surface area contributed by atoms with E-state index >= 15 is 0 Å². The van der Waals surface area contributed by atoms with Crippen LogP contribution in [-0.4, -0.2) is 20.3 Å². The van der Waals surface area contributed by atoms with E-state index in [2.05, 4.69) is 0 Å². The number of benzene rings is 4. The molecule has 0 spiro atoms. The van der Waals surface area contributed by atoms with Gasteiger partial charge in [0.25, 0.3) is 15.9 Å². The van der Waals surface area contributed by atoms with E-state index in [4.69, 9.17) is 39.5 Å². The van der Waals surface area contributed by atoms with Gasteiger partial charge in [-0.3, -0.25) is 4.79 Å². The summed E-state index contributed by atoms with van der Waals surface area (Å²) in [7, 11) is -4.46.